The molecule has 138 valence electrons. The minimum Gasteiger partial charge on any atom is -0.378 e. The van der Waals surface area contributed by atoms with Crippen molar-refractivity contribution in [2.45, 2.75) is 77.0 Å². The summed E-state index contributed by atoms with van der Waals surface area (Å²) in [4.78, 5) is 16.9. The zero-order chi connectivity index (χ0) is 17.3. The minimum atomic E-state index is -0.0461. The topological polar surface area (TPSA) is 68.2 Å². The molecule has 2 fully saturated rings. The number of rotatable bonds is 6. The van der Waals surface area contributed by atoms with E-state index >= 15 is 0 Å². The molecule has 2 aliphatic carbocycles. The second kappa shape index (κ2) is 6.98. The predicted molar refractivity (Wildman–Crippen MR) is 95.5 cm³/mol. The SMILES string of the molecule is CCO[C@@H]1C[C@H](NC(=O)NCCc2cn3c(n2)CCCC3)C12CCC2. The van der Waals surface area contributed by atoms with E-state index in [1.807, 2.05) is 6.92 Å². The van der Waals surface area contributed by atoms with Crippen LogP contribution >= 0.6 is 0 Å². The number of carbonyl (C=O) groups is 1. The fraction of sp³-hybridized carbons (Fsp3) is 0.789. The second-order valence-corrected chi connectivity index (χ2v) is 7.77. The van der Waals surface area contributed by atoms with E-state index in [0.717, 1.165) is 38.1 Å². The molecule has 1 spiro atoms. The number of nitrogens with one attached hydrogen (secondary N) is 2. The van der Waals surface area contributed by atoms with E-state index in [9.17, 15) is 4.79 Å². The third kappa shape index (κ3) is 3.16. The smallest absolute Gasteiger partial charge is 0.315 e. The molecule has 0 unspecified atom stereocenters. The Morgan fingerprint density at radius 1 is 1.40 bits per heavy atom. The summed E-state index contributed by atoms with van der Waals surface area (Å²) in [6, 6.07) is 0.230. The van der Waals surface area contributed by atoms with Crippen molar-refractivity contribution < 1.29 is 9.53 Å². The number of fused-ring (bicyclic) bond motifs is 1. The molecular formula is C19H30N4O2. The predicted octanol–water partition coefficient (Wildman–Crippen LogP) is 2.41. The van der Waals surface area contributed by atoms with Crippen molar-refractivity contribution in [2.75, 3.05) is 13.2 Å². The van der Waals surface area contributed by atoms with Crippen molar-refractivity contribution in [1.82, 2.24) is 20.2 Å². The molecule has 1 aromatic rings. The fourth-order valence-electron chi connectivity index (χ4n) is 4.75. The minimum absolute atomic E-state index is 0.0461. The molecular weight excluding hydrogens is 316 g/mol. The molecule has 2 heterocycles. The summed E-state index contributed by atoms with van der Waals surface area (Å²) >= 11 is 0. The van der Waals surface area contributed by atoms with Crippen LogP contribution in [0.5, 0.6) is 0 Å². The molecule has 1 aliphatic heterocycles. The molecule has 6 heteroatoms. The van der Waals surface area contributed by atoms with Gasteiger partial charge in [-0.15, -0.1) is 0 Å². The van der Waals surface area contributed by atoms with Gasteiger partial charge >= 0.3 is 6.03 Å². The molecule has 0 radical (unpaired) electrons. The first-order chi connectivity index (χ1) is 12.2. The van der Waals surface area contributed by atoms with Gasteiger partial charge < -0.3 is 19.9 Å². The Balaban J connectivity index is 1.21. The van der Waals surface area contributed by atoms with E-state index in [-0.39, 0.29) is 17.5 Å². The summed E-state index contributed by atoms with van der Waals surface area (Å²) in [6.45, 7) is 4.53. The first kappa shape index (κ1) is 16.9. The van der Waals surface area contributed by atoms with Gasteiger partial charge in [-0.1, -0.05) is 6.42 Å². The van der Waals surface area contributed by atoms with E-state index in [1.54, 1.807) is 0 Å². The van der Waals surface area contributed by atoms with Crippen molar-refractivity contribution in [3.8, 4) is 0 Å². The van der Waals surface area contributed by atoms with Crippen LogP contribution in [-0.2, 0) is 24.1 Å². The molecule has 0 aromatic carbocycles. The summed E-state index contributed by atoms with van der Waals surface area (Å²) in [5.74, 6) is 1.20. The first-order valence-corrected chi connectivity index (χ1v) is 9.92. The number of amides is 2. The third-order valence-corrected chi connectivity index (χ3v) is 6.37. The number of urea groups is 1. The number of hydrogen-bond acceptors (Lipinski definition) is 3. The zero-order valence-electron chi connectivity index (χ0n) is 15.2. The Bertz CT molecular complexity index is 599. The van der Waals surface area contributed by atoms with Crippen molar-refractivity contribution >= 4 is 6.03 Å². The maximum atomic E-state index is 12.2. The zero-order valence-corrected chi connectivity index (χ0v) is 15.2. The fourth-order valence-corrected chi connectivity index (χ4v) is 4.75. The van der Waals surface area contributed by atoms with Gasteiger partial charge in [0.1, 0.15) is 5.82 Å². The van der Waals surface area contributed by atoms with Crippen LogP contribution in [-0.4, -0.2) is 40.9 Å². The van der Waals surface area contributed by atoms with Gasteiger partial charge in [0, 0.05) is 50.2 Å². The van der Waals surface area contributed by atoms with Crippen LogP contribution in [0.25, 0.3) is 0 Å². The lowest BCUT2D eigenvalue weighted by molar-refractivity contribution is -0.169. The van der Waals surface area contributed by atoms with Gasteiger partial charge in [-0.25, -0.2) is 9.78 Å². The number of carbonyl (C=O) groups excluding carboxylic acids is 1. The van der Waals surface area contributed by atoms with Crippen molar-refractivity contribution in [3.05, 3.63) is 17.7 Å². The quantitative estimate of drug-likeness (QED) is 0.831. The number of aryl methyl sites for hydroxylation is 2. The number of ether oxygens (including phenoxy) is 1. The van der Waals surface area contributed by atoms with Crippen LogP contribution in [0, 0.1) is 5.41 Å². The molecule has 3 aliphatic rings. The van der Waals surface area contributed by atoms with Gasteiger partial charge in [-0.05, 0) is 39.0 Å². The van der Waals surface area contributed by atoms with Crippen molar-refractivity contribution in [2.24, 2.45) is 5.41 Å². The number of aromatic nitrogens is 2. The molecule has 2 N–H and O–H groups in total. The lowest BCUT2D eigenvalue weighted by Crippen LogP contribution is -2.68. The van der Waals surface area contributed by atoms with E-state index in [0.29, 0.717) is 12.6 Å². The van der Waals surface area contributed by atoms with Gasteiger partial charge in [-0.2, -0.15) is 0 Å². The maximum Gasteiger partial charge on any atom is 0.315 e. The van der Waals surface area contributed by atoms with Gasteiger partial charge in [0.05, 0.1) is 11.8 Å². The summed E-state index contributed by atoms with van der Waals surface area (Å²) in [5, 5.41) is 6.18. The highest BCUT2D eigenvalue weighted by molar-refractivity contribution is 5.74. The van der Waals surface area contributed by atoms with Gasteiger partial charge in [0.2, 0.25) is 0 Å². The number of hydrogen-bond donors (Lipinski definition) is 2. The van der Waals surface area contributed by atoms with Crippen LogP contribution in [0.4, 0.5) is 4.79 Å². The monoisotopic (exact) mass is 346 g/mol. The lowest BCUT2D eigenvalue weighted by atomic mass is 9.51. The van der Waals surface area contributed by atoms with Crippen LogP contribution < -0.4 is 10.6 Å². The average molecular weight is 346 g/mol. The molecule has 0 bridgehead atoms. The molecule has 0 saturated heterocycles. The van der Waals surface area contributed by atoms with Crippen LogP contribution in [0.3, 0.4) is 0 Å². The molecule has 2 amide bonds. The summed E-state index contributed by atoms with van der Waals surface area (Å²) < 4.78 is 8.11. The van der Waals surface area contributed by atoms with Gasteiger partial charge in [0.25, 0.3) is 0 Å². The van der Waals surface area contributed by atoms with E-state index < -0.39 is 0 Å². The Hall–Kier alpha value is -1.56. The highest BCUT2D eigenvalue weighted by atomic mass is 16.5. The molecule has 1 aromatic heterocycles. The lowest BCUT2D eigenvalue weighted by Gasteiger charge is -2.60. The highest BCUT2D eigenvalue weighted by Gasteiger charge is 2.59. The summed E-state index contributed by atoms with van der Waals surface area (Å²) in [7, 11) is 0. The molecule has 2 saturated carbocycles. The average Bonchev–Trinajstić information content (AvgIpc) is 2.95. The van der Waals surface area contributed by atoms with E-state index in [1.165, 1.54) is 37.9 Å². The molecule has 25 heavy (non-hydrogen) atoms. The highest BCUT2D eigenvalue weighted by Crippen LogP contribution is 2.57. The molecule has 2 atom stereocenters. The third-order valence-electron chi connectivity index (χ3n) is 6.37. The Morgan fingerprint density at radius 2 is 2.28 bits per heavy atom. The molecule has 4 rings (SSSR count). The first-order valence-electron chi connectivity index (χ1n) is 9.92. The summed E-state index contributed by atoms with van der Waals surface area (Å²) in [6.07, 6.45) is 11.4. The summed E-state index contributed by atoms with van der Waals surface area (Å²) in [5.41, 5.74) is 1.31. The molecule has 6 nitrogen and oxygen atoms in total. The van der Waals surface area contributed by atoms with Gasteiger partial charge in [0.15, 0.2) is 0 Å². The Kier molecular flexibility index (Phi) is 4.71. The van der Waals surface area contributed by atoms with Crippen LogP contribution in [0.2, 0.25) is 0 Å². The number of nitrogens with zero attached hydrogens (tertiary/aromatic N) is 2. The van der Waals surface area contributed by atoms with Crippen LogP contribution in [0.1, 0.15) is 57.0 Å². The van der Waals surface area contributed by atoms with Crippen LogP contribution in [0.15, 0.2) is 6.20 Å². The normalized spacial score (nSPS) is 26.4. The van der Waals surface area contributed by atoms with Crippen molar-refractivity contribution in [3.63, 3.8) is 0 Å². The number of imidazole rings is 1. The van der Waals surface area contributed by atoms with Gasteiger partial charge in [-0.3, -0.25) is 0 Å². The Labute approximate surface area is 149 Å². The Morgan fingerprint density at radius 3 is 3.00 bits per heavy atom. The largest absolute Gasteiger partial charge is 0.378 e. The second-order valence-electron chi connectivity index (χ2n) is 7.77. The van der Waals surface area contributed by atoms with E-state index in [4.69, 9.17) is 4.74 Å². The standard InChI is InChI=1S/C19H30N4O2/c1-2-25-16-12-15(19(16)8-5-9-19)22-18(24)20-10-7-14-13-23-11-4-3-6-17(23)21-14/h13,15-16H,2-12H2,1H3,(H2,20,22,24)/t15-,16+/m0/s1. The van der Waals surface area contributed by atoms with E-state index in [2.05, 4.69) is 26.4 Å². The van der Waals surface area contributed by atoms with Crippen molar-refractivity contribution in [1.29, 1.82) is 0 Å². The maximum absolute atomic E-state index is 12.2.